The molecule has 1 saturated carbocycles. The molecule has 2 aliphatic rings. The Hall–Kier alpha value is -1.66. The molecule has 0 aromatic carbocycles. The first-order chi connectivity index (χ1) is 11.6. The number of pyridine rings is 1. The third-order valence-corrected chi connectivity index (χ3v) is 5.12. The second-order valence-electron chi connectivity index (χ2n) is 7.95. The normalized spacial score (nSPS) is 22.0. The lowest BCUT2D eigenvalue weighted by molar-refractivity contribution is -0.110. The molecule has 1 aromatic heterocycles. The molecule has 6 nitrogen and oxygen atoms in total. The Labute approximate surface area is 151 Å². The summed E-state index contributed by atoms with van der Waals surface area (Å²) in [5.74, 6) is -0.0866. The number of hydrogen-bond acceptors (Lipinski definition) is 5. The number of carbonyl (C=O) groups excluding carboxylic acids is 2. The van der Waals surface area contributed by atoms with Crippen LogP contribution in [0.1, 0.15) is 56.5 Å². The minimum atomic E-state index is -1.02. The van der Waals surface area contributed by atoms with E-state index in [0.29, 0.717) is 36.4 Å². The molecule has 2 unspecified atom stereocenters. The number of halogens is 1. The summed E-state index contributed by atoms with van der Waals surface area (Å²) in [4.78, 5) is 27.4. The molecular weight excluding hydrogens is 344 g/mol. The summed E-state index contributed by atoms with van der Waals surface area (Å²) in [6, 6.07) is 0. The van der Waals surface area contributed by atoms with E-state index in [4.69, 9.17) is 16.3 Å². The fraction of sp³-hybridized carbons (Fsp3) is 0.611. The molecule has 2 N–H and O–H groups in total. The van der Waals surface area contributed by atoms with E-state index in [2.05, 4.69) is 10.3 Å². The third-order valence-electron chi connectivity index (χ3n) is 4.70. The van der Waals surface area contributed by atoms with E-state index in [0.717, 1.165) is 17.4 Å². The number of aromatic nitrogens is 1. The van der Waals surface area contributed by atoms with Gasteiger partial charge in [-0.1, -0.05) is 11.6 Å². The number of nitrogens with one attached hydrogen (secondary N) is 1. The number of aliphatic hydroxyl groups excluding tert-OH is 1. The van der Waals surface area contributed by atoms with E-state index in [-0.39, 0.29) is 5.92 Å². The number of fused-ring (bicyclic) bond motifs is 1. The molecular formula is C18H23ClN2O4. The highest BCUT2D eigenvalue weighted by Crippen LogP contribution is 2.48. The van der Waals surface area contributed by atoms with Crippen molar-refractivity contribution in [3.63, 3.8) is 0 Å². The summed E-state index contributed by atoms with van der Waals surface area (Å²) < 4.78 is 5.28. The standard InChI is InChI=1S/C18H23ClN2O4/c1-17(2,3)25-16(24)21-18(4-5-18)15(23)14-13(19)12-7-10(9-22)6-11(12)8-20-14/h8-10,15,23H,4-7H2,1-3H3,(H,21,24). The molecule has 2 aliphatic carbocycles. The second-order valence-corrected chi connectivity index (χ2v) is 8.33. The molecule has 0 bridgehead atoms. The maximum atomic E-state index is 12.1. The molecule has 0 saturated heterocycles. The van der Waals surface area contributed by atoms with Gasteiger partial charge in [-0.25, -0.2) is 4.79 Å². The highest BCUT2D eigenvalue weighted by molar-refractivity contribution is 6.32. The first kappa shape index (κ1) is 18.1. The van der Waals surface area contributed by atoms with Crippen LogP contribution in [0.5, 0.6) is 0 Å². The van der Waals surface area contributed by atoms with Gasteiger partial charge in [0.15, 0.2) is 0 Å². The van der Waals surface area contributed by atoms with Crippen molar-refractivity contribution in [2.24, 2.45) is 5.92 Å². The zero-order valence-corrected chi connectivity index (χ0v) is 15.4. The SMILES string of the molecule is CC(C)(C)OC(=O)NC1(C(O)c2ncc3c(c2Cl)CC(C=O)C3)CC1. The lowest BCUT2D eigenvalue weighted by atomic mass is 10.0. The Balaban J connectivity index is 1.79. The number of amides is 1. The molecule has 0 spiro atoms. The first-order valence-corrected chi connectivity index (χ1v) is 8.84. The van der Waals surface area contributed by atoms with Crippen LogP contribution in [0.15, 0.2) is 6.20 Å². The van der Waals surface area contributed by atoms with E-state index in [1.165, 1.54) is 0 Å². The Morgan fingerprint density at radius 3 is 2.72 bits per heavy atom. The lowest BCUT2D eigenvalue weighted by Gasteiger charge is -2.27. The van der Waals surface area contributed by atoms with E-state index >= 15 is 0 Å². The number of rotatable bonds is 4. The van der Waals surface area contributed by atoms with Crippen molar-refractivity contribution in [2.45, 2.75) is 63.7 Å². The molecule has 3 rings (SSSR count). The Kier molecular flexibility index (Phi) is 4.54. The fourth-order valence-corrected chi connectivity index (χ4v) is 3.60. The number of hydrogen-bond donors (Lipinski definition) is 2. The molecule has 1 amide bonds. The number of ether oxygens (including phenoxy) is 1. The van der Waals surface area contributed by atoms with Gasteiger partial charge in [0.1, 0.15) is 18.0 Å². The summed E-state index contributed by atoms with van der Waals surface area (Å²) in [5, 5.41) is 14.0. The largest absolute Gasteiger partial charge is 0.444 e. The Morgan fingerprint density at radius 1 is 1.48 bits per heavy atom. The average molecular weight is 367 g/mol. The quantitative estimate of drug-likeness (QED) is 0.800. The minimum Gasteiger partial charge on any atom is -0.444 e. The van der Waals surface area contributed by atoms with Gasteiger partial charge in [-0.3, -0.25) is 4.98 Å². The minimum absolute atomic E-state index is 0.0866. The van der Waals surface area contributed by atoms with E-state index < -0.39 is 23.3 Å². The number of alkyl carbamates (subject to hydrolysis) is 1. The number of carbonyl (C=O) groups is 2. The van der Waals surface area contributed by atoms with Crippen molar-refractivity contribution in [1.29, 1.82) is 0 Å². The smallest absolute Gasteiger partial charge is 0.408 e. The van der Waals surface area contributed by atoms with Crippen molar-refractivity contribution < 1.29 is 19.4 Å². The molecule has 1 heterocycles. The summed E-state index contributed by atoms with van der Waals surface area (Å²) >= 11 is 6.47. The first-order valence-electron chi connectivity index (χ1n) is 8.46. The van der Waals surface area contributed by atoms with Gasteiger partial charge in [0.25, 0.3) is 0 Å². The third kappa shape index (κ3) is 3.65. The molecule has 0 radical (unpaired) electrons. The van der Waals surface area contributed by atoms with Crippen LogP contribution < -0.4 is 5.32 Å². The summed E-state index contributed by atoms with van der Waals surface area (Å²) in [7, 11) is 0. The molecule has 7 heteroatoms. The van der Waals surface area contributed by atoms with Crippen molar-refractivity contribution >= 4 is 24.0 Å². The van der Waals surface area contributed by atoms with E-state index in [1.807, 2.05) is 0 Å². The highest BCUT2D eigenvalue weighted by Gasteiger charge is 2.53. The van der Waals surface area contributed by atoms with Crippen LogP contribution >= 0.6 is 11.6 Å². The van der Waals surface area contributed by atoms with Gasteiger partial charge in [-0.2, -0.15) is 0 Å². The van der Waals surface area contributed by atoms with Gasteiger partial charge in [-0.15, -0.1) is 0 Å². The van der Waals surface area contributed by atoms with Crippen molar-refractivity contribution in [1.82, 2.24) is 10.3 Å². The number of aliphatic hydroxyl groups is 1. The Bertz CT molecular complexity index is 710. The maximum Gasteiger partial charge on any atom is 0.408 e. The second kappa shape index (κ2) is 6.25. The molecule has 25 heavy (non-hydrogen) atoms. The summed E-state index contributed by atoms with van der Waals surface area (Å²) in [5.41, 5.74) is 0.758. The van der Waals surface area contributed by atoms with Crippen molar-refractivity contribution in [2.75, 3.05) is 0 Å². The number of aldehydes is 1. The monoisotopic (exact) mass is 366 g/mol. The van der Waals surface area contributed by atoms with Gasteiger partial charge in [0.2, 0.25) is 0 Å². The zero-order valence-electron chi connectivity index (χ0n) is 14.6. The van der Waals surface area contributed by atoms with Gasteiger partial charge in [0, 0.05) is 12.1 Å². The van der Waals surface area contributed by atoms with Crippen LogP contribution in [-0.4, -0.2) is 33.6 Å². The predicted molar refractivity (Wildman–Crippen MR) is 92.5 cm³/mol. The summed E-state index contributed by atoms with van der Waals surface area (Å²) in [6.07, 6.45) is 3.45. The zero-order chi connectivity index (χ0) is 18.4. The average Bonchev–Trinajstić information content (AvgIpc) is 3.14. The van der Waals surface area contributed by atoms with Gasteiger partial charge < -0.3 is 20.0 Å². The van der Waals surface area contributed by atoms with Crippen LogP contribution in [0.3, 0.4) is 0 Å². The van der Waals surface area contributed by atoms with Crippen LogP contribution in [-0.2, 0) is 22.4 Å². The Morgan fingerprint density at radius 2 is 2.16 bits per heavy atom. The van der Waals surface area contributed by atoms with Crippen LogP contribution in [0.4, 0.5) is 4.79 Å². The molecule has 0 aliphatic heterocycles. The van der Waals surface area contributed by atoms with Crippen LogP contribution in [0.25, 0.3) is 0 Å². The topological polar surface area (TPSA) is 88.5 Å². The highest BCUT2D eigenvalue weighted by atomic mass is 35.5. The maximum absolute atomic E-state index is 12.1. The lowest BCUT2D eigenvalue weighted by Crippen LogP contribution is -2.44. The van der Waals surface area contributed by atoms with Gasteiger partial charge >= 0.3 is 6.09 Å². The van der Waals surface area contributed by atoms with E-state index in [1.54, 1.807) is 27.0 Å². The van der Waals surface area contributed by atoms with Gasteiger partial charge in [-0.05, 0) is 57.6 Å². The van der Waals surface area contributed by atoms with Crippen LogP contribution in [0, 0.1) is 5.92 Å². The van der Waals surface area contributed by atoms with Gasteiger partial charge in [0.05, 0.1) is 16.3 Å². The van der Waals surface area contributed by atoms with Crippen LogP contribution in [0.2, 0.25) is 5.02 Å². The fourth-order valence-electron chi connectivity index (χ4n) is 3.25. The molecule has 1 aromatic rings. The van der Waals surface area contributed by atoms with E-state index in [9.17, 15) is 14.7 Å². The molecule has 1 fully saturated rings. The van der Waals surface area contributed by atoms with Crippen molar-refractivity contribution in [3.8, 4) is 0 Å². The summed E-state index contributed by atoms with van der Waals surface area (Å²) in [6.45, 7) is 5.35. The van der Waals surface area contributed by atoms with Crippen molar-refractivity contribution in [3.05, 3.63) is 28.0 Å². The molecule has 2 atom stereocenters. The number of nitrogens with zero attached hydrogens (tertiary/aromatic N) is 1. The predicted octanol–water partition coefficient (Wildman–Crippen LogP) is 2.74. The molecule has 136 valence electrons.